The van der Waals surface area contributed by atoms with E-state index in [2.05, 4.69) is 12.1 Å². The van der Waals surface area contributed by atoms with Crippen LogP contribution >= 0.6 is 0 Å². The molecule has 0 bridgehead atoms. The summed E-state index contributed by atoms with van der Waals surface area (Å²) in [6.45, 7) is 2.59. The third kappa shape index (κ3) is 4.92. The van der Waals surface area contributed by atoms with Crippen molar-refractivity contribution >= 4 is 0 Å². The Hall–Kier alpha value is -2.62. The van der Waals surface area contributed by atoms with Crippen LogP contribution in [0.1, 0.15) is 37.5 Å². The Morgan fingerprint density at radius 2 is 1.76 bits per heavy atom. The third-order valence-electron chi connectivity index (χ3n) is 4.05. The lowest BCUT2D eigenvalue weighted by Gasteiger charge is -2.06. The van der Waals surface area contributed by atoms with Crippen molar-refractivity contribution in [2.24, 2.45) is 0 Å². The molecule has 3 nitrogen and oxygen atoms in total. The summed E-state index contributed by atoms with van der Waals surface area (Å²) in [7, 11) is 0. The Kier molecular flexibility index (Phi) is 5.83. The monoisotopic (exact) mass is 339 g/mol. The van der Waals surface area contributed by atoms with Crippen molar-refractivity contribution in [2.75, 3.05) is 0 Å². The molecule has 3 rings (SSSR count). The van der Waals surface area contributed by atoms with E-state index in [9.17, 15) is 4.39 Å². The van der Waals surface area contributed by atoms with Crippen LogP contribution in [0.25, 0.3) is 11.3 Å². The minimum Gasteiger partial charge on any atom is -0.489 e. The van der Waals surface area contributed by atoms with Crippen LogP contribution in [0, 0.1) is 5.82 Å². The summed E-state index contributed by atoms with van der Waals surface area (Å²) in [5.74, 6) is 1.45. The Morgan fingerprint density at radius 1 is 1.00 bits per heavy atom. The van der Waals surface area contributed by atoms with Gasteiger partial charge in [0.25, 0.3) is 0 Å². The van der Waals surface area contributed by atoms with Gasteiger partial charge in [-0.25, -0.2) is 4.39 Å². The molecule has 2 aromatic carbocycles. The SMILES string of the molecule is CCCCCc1cc(-c2ccc(OCc3ccc(F)cc3)cc2)no1. The van der Waals surface area contributed by atoms with Gasteiger partial charge in [0.15, 0.2) is 0 Å². The first-order valence-electron chi connectivity index (χ1n) is 8.68. The fraction of sp³-hybridized carbons (Fsp3) is 0.286. The summed E-state index contributed by atoms with van der Waals surface area (Å²) < 4.78 is 24.0. The third-order valence-corrected chi connectivity index (χ3v) is 4.05. The fourth-order valence-electron chi connectivity index (χ4n) is 2.59. The van der Waals surface area contributed by atoms with Gasteiger partial charge in [-0.3, -0.25) is 0 Å². The predicted octanol–water partition coefficient (Wildman–Crippen LogP) is 5.79. The molecular weight excluding hydrogens is 317 g/mol. The van der Waals surface area contributed by atoms with Crippen LogP contribution in [0.5, 0.6) is 5.75 Å². The number of halogens is 1. The molecule has 3 aromatic rings. The van der Waals surface area contributed by atoms with Gasteiger partial charge in [0.1, 0.15) is 29.6 Å². The summed E-state index contributed by atoms with van der Waals surface area (Å²) in [6.07, 6.45) is 4.46. The van der Waals surface area contributed by atoms with Crippen molar-refractivity contribution in [3.05, 3.63) is 71.7 Å². The maximum atomic E-state index is 12.9. The summed E-state index contributed by atoms with van der Waals surface area (Å²) in [5.41, 5.74) is 2.77. The molecule has 0 aliphatic heterocycles. The highest BCUT2D eigenvalue weighted by atomic mass is 19.1. The van der Waals surface area contributed by atoms with Crippen LogP contribution in [0.15, 0.2) is 59.1 Å². The zero-order chi connectivity index (χ0) is 17.5. The van der Waals surface area contributed by atoms with E-state index >= 15 is 0 Å². The lowest BCUT2D eigenvalue weighted by Crippen LogP contribution is -1.95. The smallest absolute Gasteiger partial charge is 0.137 e. The number of hydrogen-bond acceptors (Lipinski definition) is 3. The van der Waals surface area contributed by atoms with Crippen LogP contribution in [-0.4, -0.2) is 5.16 Å². The minimum absolute atomic E-state index is 0.241. The van der Waals surface area contributed by atoms with Gasteiger partial charge in [0.2, 0.25) is 0 Å². The van der Waals surface area contributed by atoms with Gasteiger partial charge >= 0.3 is 0 Å². The highest BCUT2D eigenvalue weighted by molar-refractivity contribution is 5.59. The number of rotatable bonds is 8. The highest BCUT2D eigenvalue weighted by Crippen LogP contribution is 2.23. The van der Waals surface area contributed by atoms with Crippen molar-refractivity contribution < 1.29 is 13.7 Å². The van der Waals surface area contributed by atoms with Crippen molar-refractivity contribution in [2.45, 2.75) is 39.2 Å². The maximum Gasteiger partial charge on any atom is 0.137 e. The Morgan fingerprint density at radius 3 is 2.48 bits per heavy atom. The van der Waals surface area contributed by atoms with Gasteiger partial charge < -0.3 is 9.26 Å². The summed E-state index contributed by atoms with van der Waals surface area (Å²) >= 11 is 0. The first kappa shape index (κ1) is 17.2. The van der Waals surface area contributed by atoms with E-state index in [0.717, 1.165) is 41.2 Å². The molecule has 0 atom stereocenters. The molecule has 0 saturated heterocycles. The first-order chi connectivity index (χ1) is 12.2. The lowest BCUT2D eigenvalue weighted by atomic mass is 10.1. The van der Waals surface area contributed by atoms with E-state index in [0.29, 0.717) is 6.61 Å². The second-order valence-electron chi connectivity index (χ2n) is 6.08. The van der Waals surface area contributed by atoms with E-state index in [1.54, 1.807) is 12.1 Å². The standard InChI is InChI=1S/C21H22FNO2/c1-2-3-4-5-20-14-21(23-25-20)17-8-12-19(13-9-17)24-15-16-6-10-18(22)11-7-16/h6-14H,2-5,15H2,1H3. The zero-order valence-corrected chi connectivity index (χ0v) is 14.4. The minimum atomic E-state index is -0.241. The molecule has 4 heteroatoms. The second kappa shape index (κ2) is 8.47. The van der Waals surface area contributed by atoms with Crippen molar-refractivity contribution in [1.29, 1.82) is 0 Å². The van der Waals surface area contributed by atoms with Crippen LogP contribution in [0.4, 0.5) is 4.39 Å². The van der Waals surface area contributed by atoms with Crippen LogP contribution in [0.2, 0.25) is 0 Å². The van der Waals surface area contributed by atoms with Gasteiger partial charge in [0.05, 0.1) is 0 Å². The molecule has 0 amide bonds. The molecule has 0 fully saturated rings. The van der Waals surface area contributed by atoms with E-state index in [4.69, 9.17) is 9.26 Å². The number of hydrogen-bond donors (Lipinski definition) is 0. The average Bonchev–Trinajstić information content (AvgIpc) is 3.11. The quantitative estimate of drug-likeness (QED) is 0.487. The number of benzene rings is 2. The van der Waals surface area contributed by atoms with Gasteiger partial charge in [-0.15, -0.1) is 0 Å². The first-order valence-corrected chi connectivity index (χ1v) is 8.68. The van der Waals surface area contributed by atoms with E-state index in [-0.39, 0.29) is 5.82 Å². The molecule has 0 N–H and O–H groups in total. The Balaban J connectivity index is 1.57. The van der Waals surface area contributed by atoms with Crippen LogP contribution < -0.4 is 4.74 Å². The largest absolute Gasteiger partial charge is 0.489 e. The number of ether oxygens (including phenoxy) is 1. The Bertz CT molecular complexity index is 778. The fourth-order valence-corrected chi connectivity index (χ4v) is 2.59. The topological polar surface area (TPSA) is 35.3 Å². The zero-order valence-electron chi connectivity index (χ0n) is 14.4. The molecule has 0 saturated carbocycles. The van der Waals surface area contributed by atoms with E-state index < -0.39 is 0 Å². The molecule has 25 heavy (non-hydrogen) atoms. The lowest BCUT2D eigenvalue weighted by molar-refractivity contribution is 0.306. The van der Waals surface area contributed by atoms with Crippen molar-refractivity contribution in [3.8, 4) is 17.0 Å². The number of unbranched alkanes of at least 4 members (excludes halogenated alkanes) is 2. The van der Waals surface area contributed by atoms with E-state index in [1.807, 2.05) is 30.3 Å². The molecule has 0 aliphatic rings. The number of aryl methyl sites for hydroxylation is 1. The summed E-state index contributed by atoms with van der Waals surface area (Å²) in [6, 6.07) is 16.1. The number of aromatic nitrogens is 1. The van der Waals surface area contributed by atoms with Crippen molar-refractivity contribution in [3.63, 3.8) is 0 Å². The second-order valence-corrected chi connectivity index (χ2v) is 6.08. The molecule has 0 aliphatic carbocycles. The maximum absolute atomic E-state index is 12.9. The van der Waals surface area contributed by atoms with E-state index in [1.165, 1.54) is 25.0 Å². The Labute approximate surface area is 147 Å². The van der Waals surface area contributed by atoms with Crippen LogP contribution in [0.3, 0.4) is 0 Å². The molecule has 0 unspecified atom stereocenters. The van der Waals surface area contributed by atoms with Gasteiger partial charge in [-0.05, 0) is 48.4 Å². The molecule has 0 radical (unpaired) electrons. The predicted molar refractivity (Wildman–Crippen MR) is 95.9 cm³/mol. The number of nitrogens with zero attached hydrogens (tertiary/aromatic N) is 1. The molecular formula is C21H22FNO2. The molecule has 1 heterocycles. The average molecular weight is 339 g/mol. The molecule has 130 valence electrons. The summed E-state index contributed by atoms with van der Waals surface area (Å²) in [5, 5.41) is 4.15. The van der Waals surface area contributed by atoms with Gasteiger partial charge in [0, 0.05) is 18.1 Å². The highest BCUT2D eigenvalue weighted by Gasteiger charge is 2.07. The van der Waals surface area contributed by atoms with Gasteiger partial charge in [-0.1, -0.05) is 37.1 Å². The molecule has 1 aromatic heterocycles. The normalized spacial score (nSPS) is 10.8. The van der Waals surface area contributed by atoms with Crippen LogP contribution in [-0.2, 0) is 13.0 Å². The summed E-state index contributed by atoms with van der Waals surface area (Å²) in [4.78, 5) is 0. The molecule has 0 spiro atoms. The van der Waals surface area contributed by atoms with Crippen molar-refractivity contribution in [1.82, 2.24) is 5.16 Å². The van der Waals surface area contributed by atoms with Gasteiger partial charge in [-0.2, -0.15) is 0 Å².